The van der Waals surface area contributed by atoms with Gasteiger partial charge in [-0.15, -0.1) is 0 Å². The summed E-state index contributed by atoms with van der Waals surface area (Å²) in [4.78, 5) is 24.4. The maximum absolute atomic E-state index is 12.4. The minimum Gasteiger partial charge on any atom is -0.494 e. The summed E-state index contributed by atoms with van der Waals surface area (Å²) in [5, 5.41) is 2.73. The summed E-state index contributed by atoms with van der Waals surface area (Å²) in [6, 6.07) is 13.4. The molecule has 1 aliphatic heterocycles. The van der Waals surface area contributed by atoms with Gasteiger partial charge < -0.3 is 10.1 Å². The monoisotopic (exact) mass is 388 g/mol. The number of hydrogen-bond donors (Lipinski definition) is 1. The number of hydrogen-bond acceptors (Lipinski definition) is 5. The van der Waals surface area contributed by atoms with Gasteiger partial charge in [0.05, 0.1) is 12.2 Å². The molecule has 0 atom stereocenters. The van der Waals surface area contributed by atoms with Gasteiger partial charge in [-0.05, 0) is 36.8 Å². The molecule has 0 saturated carbocycles. The van der Waals surface area contributed by atoms with Gasteiger partial charge >= 0.3 is 0 Å². The highest BCUT2D eigenvalue weighted by Gasteiger charge is 2.40. The lowest BCUT2D eigenvalue weighted by molar-refractivity contribution is -0.121. The number of carbonyl (C=O) groups excluding carboxylic acids is 2. The number of rotatable bonds is 7. The van der Waals surface area contributed by atoms with Crippen molar-refractivity contribution in [1.82, 2.24) is 9.62 Å². The van der Waals surface area contributed by atoms with Crippen LogP contribution < -0.4 is 10.1 Å². The maximum Gasteiger partial charge on any atom is 0.269 e. The third-order valence-electron chi connectivity index (χ3n) is 4.15. The van der Waals surface area contributed by atoms with Gasteiger partial charge in [0, 0.05) is 19.5 Å². The molecule has 7 nitrogen and oxygen atoms in total. The van der Waals surface area contributed by atoms with E-state index in [1.807, 2.05) is 31.2 Å². The molecular formula is C19H20N2O5S. The fourth-order valence-corrected chi connectivity index (χ4v) is 4.43. The van der Waals surface area contributed by atoms with Gasteiger partial charge in [0.15, 0.2) is 0 Å². The summed E-state index contributed by atoms with van der Waals surface area (Å²) in [5.74, 6) is -0.214. The lowest BCUT2D eigenvalue weighted by Crippen LogP contribution is -2.34. The minimum atomic E-state index is -3.88. The molecule has 2 aromatic carbocycles. The summed E-state index contributed by atoms with van der Waals surface area (Å²) in [6.07, 6.45) is -0.107. The van der Waals surface area contributed by atoms with E-state index in [0.717, 1.165) is 15.6 Å². The molecule has 0 aliphatic carbocycles. The molecule has 0 saturated heterocycles. The van der Waals surface area contributed by atoms with Crippen molar-refractivity contribution < 1.29 is 22.7 Å². The van der Waals surface area contributed by atoms with Gasteiger partial charge in [-0.25, -0.2) is 12.7 Å². The number of amides is 2. The zero-order valence-electron chi connectivity index (χ0n) is 14.8. The fourth-order valence-electron chi connectivity index (χ4n) is 2.86. The van der Waals surface area contributed by atoms with Crippen LogP contribution in [0.3, 0.4) is 0 Å². The predicted molar refractivity (Wildman–Crippen MR) is 98.7 cm³/mol. The number of nitrogens with zero attached hydrogens (tertiary/aromatic N) is 1. The van der Waals surface area contributed by atoms with Crippen LogP contribution in [-0.4, -0.2) is 37.7 Å². The lowest BCUT2D eigenvalue weighted by Gasteiger charge is -2.15. The molecule has 1 aliphatic rings. The van der Waals surface area contributed by atoms with Crippen LogP contribution in [0.4, 0.5) is 0 Å². The van der Waals surface area contributed by atoms with E-state index in [2.05, 4.69) is 5.32 Å². The molecule has 8 heteroatoms. The van der Waals surface area contributed by atoms with E-state index in [4.69, 9.17) is 4.74 Å². The zero-order chi connectivity index (χ0) is 19.4. The Morgan fingerprint density at radius 2 is 1.93 bits per heavy atom. The van der Waals surface area contributed by atoms with Crippen LogP contribution in [0.1, 0.15) is 29.3 Å². The Labute approximate surface area is 158 Å². The Hall–Kier alpha value is -2.87. The van der Waals surface area contributed by atoms with Crippen LogP contribution in [0.5, 0.6) is 5.75 Å². The number of sulfonamides is 1. The van der Waals surface area contributed by atoms with Gasteiger partial charge in [0.2, 0.25) is 5.91 Å². The highest BCUT2D eigenvalue weighted by atomic mass is 32.2. The van der Waals surface area contributed by atoms with E-state index in [1.54, 1.807) is 12.1 Å². The molecule has 27 heavy (non-hydrogen) atoms. The van der Waals surface area contributed by atoms with Crippen LogP contribution in [0.25, 0.3) is 0 Å². The van der Waals surface area contributed by atoms with Crippen LogP contribution in [-0.2, 0) is 21.4 Å². The first-order valence-electron chi connectivity index (χ1n) is 8.58. The lowest BCUT2D eigenvalue weighted by atomic mass is 10.2. The predicted octanol–water partition coefficient (Wildman–Crippen LogP) is 1.94. The number of benzene rings is 2. The topological polar surface area (TPSA) is 92.8 Å². The summed E-state index contributed by atoms with van der Waals surface area (Å²) in [6.45, 7) is 2.54. The molecule has 2 aromatic rings. The van der Waals surface area contributed by atoms with Crippen molar-refractivity contribution in [2.45, 2.75) is 24.8 Å². The van der Waals surface area contributed by atoms with Crippen LogP contribution in [0, 0.1) is 0 Å². The average Bonchev–Trinajstić information content (AvgIpc) is 2.85. The molecule has 0 radical (unpaired) electrons. The average molecular weight is 388 g/mol. The van der Waals surface area contributed by atoms with Gasteiger partial charge in [0.25, 0.3) is 15.9 Å². The molecule has 1 heterocycles. The van der Waals surface area contributed by atoms with E-state index in [9.17, 15) is 18.0 Å². The fraction of sp³-hybridized carbons (Fsp3) is 0.263. The molecule has 0 fully saturated rings. The van der Waals surface area contributed by atoms with Crippen molar-refractivity contribution in [3.8, 4) is 5.75 Å². The molecule has 0 spiro atoms. The number of fused-ring (bicyclic) bond motifs is 1. The van der Waals surface area contributed by atoms with Crippen molar-refractivity contribution in [1.29, 1.82) is 0 Å². The first-order valence-corrected chi connectivity index (χ1v) is 10.0. The number of ether oxygens (including phenoxy) is 1. The molecule has 142 valence electrons. The zero-order valence-corrected chi connectivity index (χ0v) is 15.7. The molecule has 3 rings (SSSR count). The normalized spacial score (nSPS) is 14.7. The number of nitrogens with one attached hydrogen (secondary N) is 1. The van der Waals surface area contributed by atoms with Crippen molar-refractivity contribution in [3.63, 3.8) is 0 Å². The van der Waals surface area contributed by atoms with E-state index in [-0.39, 0.29) is 29.3 Å². The van der Waals surface area contributed by atoms with Gasteiger partial charge in [0.1, 0.15) is 10.6 Å². The van der Waals surface area contributed by atoms with E-state index in [1.165, 1.54) is 12.1 Å². The van der Waals surface area contributed by atoms with E-state index >= 15 is 0 Å². The minimum absolute atomic E-state index is 0.0110. The maximum atomic E-state index is 12.4. The molecule has 0 bridgehead atoms. The Bertz CT molecular complexity index is 972. The summed E-state index contributed by atoms with van der Waals surface area (Å²) in [7, 11) is -3.88. The smallest absolute Gasteiger partial charge is 0.269 e. The molecule has 0 unspecified atom stereocenters. The first-order chi connectivity index (χ1) is 12.9. The quantitative estimate of drug-likeness (QED) is 0.782. The molecule has 0 aromatic heterocycles. The first kappa shape index (κ1) is 18.9. The third kappa shape index (κ3) is 3.95. The Kier molecular flexibility index (Phi) is 5.46. The summed E-state index contributed by atoms with van der Waals surface area (Å²) in [5.41, 5.74) is 1.01. The second kappa shape index (κ2) is 7.79. The van der Waals surface area contributed by atoms with Crippen molar-refractivity contribution >= 4 is 21.8 Å². The van der Waals surface area contributed by atoms with Crippen LogP contribution >= 0.6 is 0 Å². The Balaban J connectivity index is 1.57. The molecule has 2 amide bonds. The van der Waals surface area contributed by atoms with E-state index < -0.39 is 15.9 Å². The second-order valence-electron chi connectivity index (χ2n) is 5.99. The summed E-state index contributed by atoms with van der Waals surface area (Å²) < 4.78 is 31.1. The van der Waals surface area contributed by atoms with Gasteiger partial charge in [-0.3, -0.25) is 9.59 Å². The largest absolute Gasteiger partial charge is 0.494 e. The summed E-state index contributed by atoms with van der Waals surface area (Å²) >= 11 is 0. The molecule has 1 N–H and O–H groups in total. The van der Waals surface area contributed by atoms with Crippen LogP contribution in [0.15, 0.2) is 53.4 Å². The third-order valence-corrected chi connectivity index (χ3v) is 5.99. The van der Waals surface area contributed by atoms with Gasteiger partial charge in [-0.1, -0.05) is 24.3 Å². The highest BCUT2D eigenvalue weighted by molar-refractivity contribution is 7.90. The standard InChI is InChI=1S/C19H20N2O5S/c1-2-26-15-7-5-6-14(12-15)13-20-18(22)10-11-21-19(23)16-8-3-4-9-17(16)27(21,24)25/h3-9,12H,2,10-11,13H2,1H3,(H,20,22). The van der Waals surface area contributed by atoms with Crippen molar-refractivity contribution in [2.24, 2.45) is 0 Å². The van der Waals surface area contributed by atoms with Crippen molar-refractivity contribution in [3.05, 3.63) is 59.7 Å². The number of carbonyl (C=O) groups is 2. The second-order valence-corrected chi connectivity index (χ2v) is 7.82. The van der Waals surface area contributed by atoms with E-state index in [0.29, 0.717) is 13.2 Å². The van der Waals surface area contributed by atoms with Crippen molar-refractivity contribution in [2.75, 3.05) is 13.2 Å². The highest BCUT2D eigenvalue weighted by Crippen LogP contribution is 2.29. The molecular weight excluding hydrogens is 368 g/mol. The SMILES string of the molecule is CCOc1cccc(CNC(=O)CCN2C(=O)c3ccccc3S2(=O)=O)c1. The Morgan fingerprint density at radius 1 is 1.15 bits per heavy atom. The van der Waals surface area contributed by atoms with Crippen LogP contribution in [0.2, 0.25) is 0 Å². The van der Waals surface area contributed by atoms with Gasteiger partial charge in [-0.2, -0.15) is 0 Å². The Morgan fingerprint density at radius 3 is 2.67 bits per heavy atom.